The first kappa shape index (κ1) is 17.3. The van der Waals surface area contributed by atoms with E-state index in [1.165, 1.54) is 12.5 Å². The zero-order valence-corrected chi connectivity index (χ0v) is 13.5. The van der Waals surface area contributed by atoms with Gasteiger partial charge in [-0.25, -0.2) is 5.43 Å². The third kappa shape index (κ3) is 5.60. The zero-order chi connectivity index (χ0) is 17.4. The molecule has 126 valence electrons. The van der Waals surface area contributed by atoms with Crippen molar-refractivity contribution in [3.8, 4) is 5.75 Å². The molecule has 0 unspecified atom stereocenters. The summed E-state index contributed by atoms with van der Waals surface area (Å²) in [4.78, 5) is 23.1. The fraction of sp³-hybridized carbons (Fsp3) is 0.235. The lowest BCUT2D eigenvalue weighted by molar-refractivity contribution is -0.123. The molecule has 7 nitrogen and oxygen atoms in total. The number of nitrogens with one attached hydrogen (secondary N) is 2. The van der Waals surface area contributed by atoms with Crippen LogP contribution >= 0.6 is 0 Å². The van der Waals surface area contributed by atoms with E-state index in [-0.39, 0.29) is 24.3 Å². The lowest BCUT2D eigenvalue weighted by atomic mass is 10.2. The van der Waals surface area contributed by atoms with Gasteiger partial charge in [-0.3, -0.25) is 9.59 Å². The first-order valence-electron chi connectivity index (χ1n) is 7.43. The van der Waals surface area contributed by atoms with Crippen molar-refractivity contribution >= 4 is 18.0 Å². The van der Waals surface area contributed by atoms with E-state index in [9.17, 15) is 9.59 Å². The first-order valence-corrected chi connectivity index (χ1v) is 7.43. The molecular formula is C17H19N3O4. The largest absolute Gasteiger partial charge is 0.484 e. The molecule has 1 aromatic heterocycles. The second kappa shape index (κ2) is 8.52. The number of hydrogen-bond acceptors (Lipinski definition) is 5. The molecule has 0 aliphatic heterocycles. The van der Waals surface area contributed by atoms with Crippen LogP contribution in [0.25, 0.3) is 0 Å². The Kier molecular flexibility index (Phi) is 6.13. The molecule has 2 rings (SSSR count). The molecule has 0 fully saturated rings. The number of furan rings is 1. The van der Waals surface area contributed by atoms with Gasteiger partial charge in [0.1, 0.15) is 5.75 Å². The minimum atomic E-state index is -0.424. The molecule has 0 aliphatic rings. The van der Waals surface area contributed by atoms with Gasteiger partial charge in [-0.1, -0.05) is 0 Å². The highest BCUT2D eigenvalue weighted by atomic mass is 16.5. The quantitative estimate of drug-likeness (QED) is 0.600. The predicted octanol–water partition coefficient (Wildman–Crippen LogP) is 1.95. The molecule has 0 atom stereocenters. The van der Waals surface area contributed by atoms with Gasteiger partial charge in [-0.2, -0.15) is 5.10 Å². The summed E-state index contributed by atoms with van der Waals surface area (Å²) < 4.78 is 10.3. The van der Waals surface area contributed by atoms with Crippen molar-refractivity contribution in [3.05, 3.63) is 54.0 Å². The molecule has 0 aliphatic carbocycles. The summed E-state index contributed by atoms with van der Waals surface area (Å²) in [5, 5.41) is 6.59. The monoisotopic (exact) mass is 329 g/mol. The molecule has 2 N–H and O–H groups in total. The van der Waals surface area contributed by atoms with Crippen LogP contribution in [0.4, 0.5) is 0 Å². The molecule has 7 heteroatoms. The maximum absolute atomic E-state index is 11.6. The van der Waals surface area contributed by atoms with Gasteiger partial charge in [0, 0.05) is 6.04 Å². The molecule has 0 saturated heterocycles. The Morgan fingerprint density at radius 2 is 2.00 bits per heavy atom. The van der Waals surface area contributed by atoms with Crippen LogP contribution in [0.5, 0.6) is 5.75 Å². The van der Waals surface area contributed by atoms with E-state index < -0.39 is 5.91 Å². The Balaban J connectivity index is 1.80. The van der Waals surface area contributed by atoms with Gasteiger partial charge in [-0.15, -0.1) is 0 Å². The van der Waals surface area contributed by atoms with Crippen molar-refractivity contribution in [1.82, 2.24) is 10.7 Å². The fourth-order valence-electron chi connectivity index (χ4n) is 1.79. The predicted molar refractivity (Wildman–Crippen MR) is 89.0 cm³/mol. The van der Waals surface area contributed by atoms with Crippen LogP contribution in [0.15, 0.2) is 52.2 Å². The summed E-state index contributed by atoms with van der Waals surface area (Å²) in [5.41, 5.74) is 3.13. The smallest absolute Gasteiger partial charge is 0.307 e. The van der Waals surface area contributed by atoms with Crippen LogP contribution in [0.3, 0.4) is 0 Å². The lowest BCUT2D eigenvalue weighted by Crippen LogP contribution is -2.34. The van der Waals surface area contributed by atoms with Crippen LogP contribution in [-0.2, 0) is 4.79 Å². The lowest BCUT2D eigenvalue weighted by Gasteiger charge is -2.09. The molecule has 2 amide bonds. The van der Waals surface area contributed by atoms with E-state index in [1.54, 1.807) is 36.4 Å². The van der Waals surface area contributed by atoms with E-state index in [0.29, 0.717) is 5.75 Å². The van der Waals surface area contributed by atoms with Crippen LogP contribution in [0.2, 0.25) is 0 Å². The Morgan fingerprint density at radius 3 is 2.62 bits per heavy atom. The summed E-state index contributed by atoms with van der Waals surface area (Å²) in [6, 6.07) is 10.2. The average molecular weight is 329 g/mol. The molecule has 0 radical (unpaired) electrons. The topological polar surface area (TPSA) is 92.9 Å². The van der Waals surface area contributed by atoms with Gasteiger partial charge in [0.25, 0.3) is 5.91 Å². The number of carbonyl (C=O) groups excluding carboxylic acids is 2. The number of benzene rings is 1. The van der Waals surface area contributed by atoms with Gasteiger partial charge in [0.15, 0.2) is 12.4 Å². The SMILES string of the molecule is CC(C)NC(=O)COc1ccc(/C=N/NC(=O)c2ccco2)cc1. The Labute approximate surface area is 139 Å². The molecule has 1 heterocycles. The van der Waals surface area contributed by atoms with Gasteiger partial charge >= 0.3 is 5.91 Å². The second-order valence-electron chi connectivity index (χ2n) is 5.26. The van der Waals surface area contributed by atoms with Crippen LogP contribution < -0.4 is 15.5 Å². The minimum Gasteiger partial charge on any atom is -0.484 e. The number of hydrazone groups is 1. The van der Waals surface area contributed by atoms with Crippen molar-refractivity contribution in [2.45, 2.75) is 19.9 Å². The maximum atomic E-state index is 11.6. The van der Waals surface area contributed by atoms with E-state index in [0.717, 1.165) is 5.56 Å². The average Bonchev–Trinajstić information content (AvgIpc) is 3.08. The Bertz CT molecular complexity index is 691. The third-order valence-corrected chi connectivity index (χ3v) is 2.82. The van der Waals surface area contributed by atoms with Crippen LogP contribution in [0, 0.1) is 0 Å². The van der Waals surface area contributed by atoms with Gasteiger partial charge in [0.05, 0.1) is 12.5 Å². The van der Waals surface area contributed by atoms with E-state index in [4.69, 9.17) is 9.15 Å². The van der Waals surface area contributed by atoms with Gasteiger partial charge < -0.3 is 14.5 Å². The first-order chi connectivity index (χ1) is 11.5. The summed E-state index contributed by atoms with van der Waals surface area (Å²) in [5.74, 6) is 0.171. The summed E-state index contributed by atoms with van der Waals surface area (Å²) >= 11 is 0. The van der Waals surface area contributed by atoms with Crippen molar-refractivity contribution < 1.29 is 18.7 Å². The summed E-state index contributed by atoms with van der Waals surface area (Å²) in [6.07, 6.45) is 2.91. The zero-order valence-electron chi connectivity index (χ0n) is 13.5. The second-order valence-corrected chi connectivity index (χ2v) is 5.26. The molecule has 2 aromatic rings. The van der Waals surface area contributed by atoms with Crippen LogP contribution in [-0.4, -0.2) is 30.7 Å². The maximum Gasteiger partial charge on any atom is 0.307 e. The standard InChI is InChI=1S/C17H19N3O4/c1-12(2)19-16(21)11-24-14-7-5-13(6-8-14)10-18-20-17(22)15-4-3-9-23-15/h3-10,12H,11H2,1-2H3,(H,19,21)(H,20,22)/b18-10+. The Hall–Kier alpha value is -3.09. The van der Waals surface area contributed by atoms with E-state index >= 15 is 0 Å². The number of hydrogen-bond donors (Lipinski definition) is 2. The van der Waals surface area contributed by atoms with Crippen molar-refractivity contribution in [3.63, 3.8) is 0 Å². The highest BCUT2D eigenvalue weighted by Crippen LogP contribution is 2.11. The third-order valence-electron chi connectivity index (χ3n) is 2.82. The highest BCUT2D eigenvalue weighted by Gasteiger charge is 2.06. The normalized spacial score (nSPS) is 10.8. The molecule has 1 aromatic carbocycles. The Morgan fingerprint density at radius 1 is 1.25 bits per heavy atom. The molecule has 24 heavy (non-hydrogen) atoms. The van der Waals surface area contributed by atoms with Crippen molar-refractivity contribution in [1.29, 1.82) is 0 Å². The summed E-state index contributed by atoms with van der Waals surface area (Å²) in [7, 11) is 0. The summed E-state index contributed by atoms with van der Waals surface area (Å²) in [6.45, 7) is 3.73. The fourth-order valence-corrected chi connectivity index (χ4v) is 1.79. The van der Waals surface area contributed by atoms with Crippen molar-refractivity contribution in [2.75, 3.05) is 6.61 Å². The van der Waals surface area contributed by atoms with Gasteiger partial charge in [-0.05, 0) is 55.8 Å². The number of amides is 2. The van der Waals surface area contributed by atoms with Crippen molar-refractivity contribution in [2.24, 2.45) is 5.10 Å². The van der Waals surface area contributed by atoms with E-state index in [2.05, 4.69) is 15.8 Å². The number of rotatable bonds is 7. The molecule has 0 spiro atoms. The minimum absolute atomic E-state index is 0.0369. The number of ether oxygens (including phenoxy) is 1. The van der Waals surface area contributed by atoms with E-state index in [1.807, 2.05) is 13.8 Å². The van der Waals surface area contributed by atoms with Gasteiger partial charge in [0.2, 0.25) is 0 Å². The molecule has 0 bridgehead atoms. The number of nitrogens with zero attached hydrogens (tertiary/aromatic N) is 1. The molecular weight excluding hydrogens is 310 g/mol. The molecule has 0 saturated carbocycles. The highest BCUT2D eigenvalue weighted by molar-refractivity contribution is 5.92. The number of carbonyl (C=O) groups is 2. The van der Waals surface area contributed by atoms with Crippen LogP contribution in [0.1, 0.15) is 30.0 Å².